The van der Waals surface area contributed by atoms with Crippen molar-refractivity contribution in [3.8, 4) is 0 Å². The molecule has 0 heterocycles. The summed E-state index contributed by atoms with van der Waals surface area (Å²) in [5.41, 5.74) is 0.383. The predicted molar refractivity (Wildman–Crippen MR) is 66.0 cm³/mol. The topological polar surface area (TPSA) is 9.23 Å². The van der Waals surface area contributed by atoms with Gasteiger partial charge in [-0.2, -0.15) is 0 Å². The third-order valence-electron chi connectivity index (χ3n) is 2.44. The van der Waals surface area contributed by atoms with Crippen LogP contribution in [0.5, 0.6) is 0 Å². The number of halogens is 2. The maximum Gasteiger partial charge on any atom is 0.0471 e. The first-order chi connectivity index (χ1) is 6.24. The molecular formula is C10H20Br2O. The molecule has 0 atom stereocenters. The Kier molecular flexibility index (Phi) is 8.83. The minimum Gasteiger partial charge on any atom is -0.381 e. The summed E-state index contributed by atoms with van der Waals surface area (Å²) < 4.78 is 5.50. The molecule has 0 aromatic heterocycles. The molecule has 0 aromatic rings. The molecule has 0 rings (SSSR count). The average molecular weight is 316 g/mol. The van der Waals surface area contributed by atoms with Gasteiger partial charge in [-0.1, -0.05) is 45.7 Å². The summed E-state index contributed by atoms with van der Waals surface area (Å²) in [6, 6.07) is 0. The highest BCUT2D eigenvalue weighted by molar-refractivity contribution is 9.09. The van der Waals surface area contributed by atoms with Crippen LogP contribution in [-0.2, 0) is 4.74 Å². The normalized spacial score (nSPS) is 12.0. The van der Waals surface area contributed by atoms with E-state index >= 15 is 0 Å². The molecule has 0 aliphatic carbocycles. The second-order valence-corrected chi connectivity index (χ2v) is 4.60. The summed E-state index contributed by atoms with van der Waals surface area (Å²) in [6.45, 7) is 6.16. The van der Waals surface area contributed by atoms with Gasteiger partial charge in [0.2, 0.25) is 0 Å². The van der Waals surface area contributed by atoms with E-state index in [4.69, 9.17) is 4.74 Å². The minimum absolute atomic E-state index is 0.383. The number of hydrogen-bond acceptors (Lipinski definition) is 1. The van der Waals surface area contributed by atoms with Crippen LogP contribution in [0.2, 0.25) is 0 Å². The van der Waals surface area contributed by atoms with E-state index in [0.29, 0.717) is 5.41 Å². The molecule has 80 valence electrons. The first-order valence-electron chi connectivity index (χ1n) is 4.94. The van der Waals surface area contributed by atoms with Crippen molar-refractivity contribution >= 4 is 31.9 Å². The first kappa shape index (κ1) is 13.9. The highest BCUT2D eigenvalue weighted by Gasteiger charge is 2.24. The van der Waals surface area contributed by atoms with E-state index in [0.717, 1.165) is 36.7 Å². The standard InChI is InChI=1S/C10H20Br2O/c1-3-6-13-7-5-10(4-2,8-11)9-12/h3-9H2,1-2H3. The van der Waals surface area contributed by atoms with Crippen molar-refractivity contribution in [2.45, 2.75) is 33.1 Å². The van der Waals surface area contributed by atoms with Gasteiger partial charge in [0.1, 0.15) is 0 Å². The van der Waals surface area contributed by atoms with Crippen molar-refractivity contribution in [1.82, 2.24) is 0 Å². The number of alkyl halides is 2. The first-order valence-corrected chi connectivity index (χ1v) is 7.18. The van der Waals surface area contributed by atoms with Crippen LogP contribution in [0.3, 0.4) is 0 Å². The van der Waals surface area contributed by atoms with Crippen molar-refractivity contribution in [3.63, 3.8) is 0 Å². The van der Waals surface area contributed by atoms with E-state index in [9.17, 15) is 0 Å². The fourth-order valence-electron chi connectivity index (χ4n) is 1.07. The van der Waals surface area contributed by atoms with Gasteiger partial charge in [0.15, 0.2) is 0 Å². The van der Waals surface area contributed by atoms with Crippen molar-refractivity contribution in [2.24, 2.45) is 5.41 Å². The fourth-order valence-corrected chi connectivity index (χ4v) is 3.35. The molecule has 1 nitrogen and oxygen atoms in total. The van der Waals surface area contributed by atoms with Crippen LogP contribution < -0.4 is 0 Å². The van der Waals surface area contributed by atoms with Crippen LogP contribution in [0.15, 0.2) is 0 Å². The zero-order chi connectivity index (χ0) is 10.2. The van der Waals surface area contributed by atoms with Gasteiger partial charge in [-0.15, -0.1) is 0 Å². The minimum atomic E-state index is 0.383. The van der Waals surface area contributed by atoms with Crippen molar-refractivity contribution in [1.29, 1.82) is 0 Å². The summed E-state index contributed by atoms with van der Waals surface area (Å²) in [5.74, 6) is 0. The van der Waals surface area contributed by atoms with Gasteiger partial charge in [0.05, 0.1) is 0 Å². The number of hydrogen-bond donors (Lipinski definition) is 0. The number of ether oxygens (including phenoxy) is 1. The number of rotatable bonds is 8. The lowest BCUT2D eigenvalue weighted by Gasteiger charge is -2.28. The van der Waals surface area contributed by atoms with Gasteiger partial charge in [-0.3, -0.25) is 0 Å². The summed E-state index contributed by atoms with van der Waals surface area (Å²) >= 11 is 7.15. The van der Waals surface area contributed by atoms with E-state index < -0.39 is 0 Å². The van der Waals surface area contributed by atoms with E-state index in [1.807, 2.05) is 0 Å². The molecule has 3 heteroatoms. The van der Waals surface area contributed by atoms with Crippen LogP contribution >= 0.6 is 31.9 Å². The lowest BCUT2D eigenvalue weighted by molar-refractivity contribution is 0.106. The summed E-state index contributed by atoms with van der Waals surface area (Å²) in [7, 11) is 0. The van der Waals surface area contributed by atoms with Gasteiger partial charge in [-0.05, 0) is 24.7 Å². The second-order valence-electron chi connectivity index (χ2n) is 3.48. The van der Waals surface area contributed by atoms with Crippen molar-refractivity contribution in [2.75, 3.05) is 23.9 Å². The highest BCUT2D eigenvalue weighted by atomic mass is 79.9. The molecule has 0 spiro atoms. The summed E-state index contributed by atoms with van der Waals surface area (Å²) in [6.07, 6.45) is 3.45. The summed E-state index contributed by atoms with van der Waals surface area (Å²) in [4.78, 5) is 0. The Morgan fingerprint density at radius 1 is 1.08 bits per heavy atom. The van der Waals surface area contributed by atoms with Gasteiger partial charge in [-0.25, -0.2) is 0 Å². The van der Waals surface area contributed by atoms with Gasteiger partial charge >= 0.3 is 0 Å². The molecule has 13 heavy (non-hydrogen) atoms. The van der Waals surface area contributed by atoms with E-state index in [1.54, 1.807) is 0 Å². The lowest BCUT2D eigenvalue weighted by Crippen LogP contribution is -2.25. The monoisotopic (exact) mass is 314 g/mol. The molecule has 0 radical (unpaired) electrons. The Bertz CT molecular complexity index is 105. The molecule has 0 bridgehead atoms. The van der Waals surface area contributed by atoms with E-state index in [2.05, 4.69) is 45.7 Å². The molecule has 0 aliphatic heterocycles. The SMILES string of the molecule is CCCOCCC(CC)(CBr)CBr. The molecule has 0 aliphatic rings. The Labute approximate surface area is 98.9 Å². The van der Waals surface area contributed by atoms with Crippen molar-refractivity contribution < 1.29 is 4.74 Å². The van der Waals surface area contributed by atoms with E-state index in [1.165, 1.54) is 6.42 Å². The average Bonchev–Trinajstić information content (AvgIpc) is 2.20. The van der Waals surface area contributed by atoms with Crippen LogP contribution in [0, 0.1) is 5.41 Å². The van der Waals surface area contributed by atoms with Crippen molar-refractivity contribution in [3.05, 3.63) is 0 Å². The Balaban J connectivity index is 3.68. The quantitative estimate of drug-likeness (QED) is 0.486. The fraction of sp³-hybridized carbons (Fsp3) is 1.00. The van der Waals surface area contributed by atoms with E-state index in [-0.39, 0.29) is 0 Å². The maximum absolute atomic E-state index is 5.50. The predicted octanol–water partition coefficient (Wildman–Crippen LogP) is 3.99. The second kappa shape index (κ2) is 8.25. The van der Waals surface area contributed by atoms with Gasteiger partial charge in [0, 0.05) is 23.9 Å². The Hall–Kier alpha value is 0.920. The molecule has 0 aromatic carbocycles. The third kappa shape index (κ3) is 5.38. The Morgan fingerprint density at radius 2 is 1.69 bits per heavy atom. The smallest absolute Gasteiger partial charge is 0.0471 e. The molecule has 0 N–H and O–H groups in total. The van der Waals surface area contributed by atoms with Crippen LogP contribution in [-0.4, -0.2) is 23.9 Å². The van der Waals surface area contributed by atoms with Crippen LogP contribution in [0.1, 0.15) is 33.1 Å². The molecule has 0 saturated carbocycles. The zero-order valence-electron chi connectivity index (χ0n) is 8.61. The molecule has 0 unspecified atom stereocenters. The third-order valence-corrected chi connectivity index (χ3v) is 4.82. The van der Waals surface area contributed by atoms with Gasteiger partial charge < -0.3 is 4.74 Å². The molecular weight excluding hydrogens is 296 g/mol. The van der Waals surface area contributed by atoms with Gasteiger partial charge in [0.25, 0.3) is 0 Å². The largest absolute Gasteiger partial charge is 0.381 e. The van der Waals surface area contributed by atoms with Crippen LogP contribution in [0.4, 0.5) is 0 Å². The molecule has 0 fully saturated rings. The molecule has 0 amide bonds. The van der Waals surface area contributed by atoms with Crippen LogP contribution in [0.25, 0.3) is 0 Å². The molecule has 0 saturated heterocycles. The highest BCUT2D eigenvalue weighted by Crippen LogP contribution is 2.31. The lowest BCUT2D eigenvalue weighted by atomic mass is 9.87. The maximum atomic E-state index is 5.50. The summed E-state index contributed by atoms with van der Waals surface area (Å²) in [5, 5.41) is 2.11. The zero-order valence-corrected chi connectivity index (χ0v) is 11.8. The Morgan fingerprint density at radius 3 is 2.08 bits per heavy atom.